The minimum Gasteiger partial charge on any atom is -0.393 e. The van der Waals surface area contributed by atoms with Crippen LogP contribution >= 0.6 is 0 Å². The van der Waals surface area contributed by atoms with Crippen molar-refractivity contribution in [3.05, 3.63) is 52.4 Å². The average molecular weight is 405 g/mol. The number of carbonyl (C=O) groups is 1. The average Bonchev–Trinajstić information content (AvgIpc) is 3.00. The van der Waals surface area contributed by atoms with Crippen LogP contribution in [0.15, 0.2) is 18.2 Å². The number of hydrogen-bond acceptors (Lipinski definition) is 3. The third-order valence-electron chi connectivity index (χ3n) is 5.22. The summed E-state index contributed by atoms with van der Waals surface area (Å²) in [5.41, 5.74) is 0.640. The third kappa shape index (κ3) is 3.53. The highest BCUT2D eigenvalue weighted by molar-refractivity contribution is 5.90. The van der Waals surface area contributed by atoms with Gasteiger partial charge < -0.3 is 15.3 Å². The number of aliphatic hydroxyl groups is 1. The van der Waals surface area contributed by atoms with Crippen molar-refractivity contribution in [3.63, 3.8) is 0 Å². The summed E-state index contributed by atoms with van der Waals surface area (Å²) in [4.78, 5) is 17.0. The van der Waals surface area contributed by atoms with Gasteiger partial charge in [-0.15, -0.1) is 0 Å². The van der Waals surface area contributed by atoms with E-state index in [4.69, 9.17) is 6.57 Å². The van der Waals surface area contributed by atoms with E-state index >= 15 is 0 Å². The molecule has 0 spiro atoms. The van der Waals surface area contributed by atoms with Crippen molar-refractivity contribution in [2.75, 3.05) is 11.9 Å². The van der Waals surface area contributed by atoms with Crippen LogP contribution in [0.25, 0.3) is 4.85 Å². The van der Waals surface area contributed by atoms with Crippen LogP contribution in [-0.2, 0) is 25.4 Å². The van der Waals surface area contributed by atoms with Crippen molar-refractivity contribution >= 4 is 17.4 Å². The fourth-order valence-electron chi connectivity index (χ4n) is 3.82. The summed E-state index contributed by atoms with van der Waals surface area (Å²) >= 11 is 0. The number of aryl methyl sites for hydroxylation is 1. The van der Waals surface area contributed by atoms with Gasteiger partial charge in [0.25, 0.3) is 5.92 Å². The molecular weight excluding hydrogens is 387 g/mol. The number of halogens is 3. The highest BCUT2D eigenvalue weighted by Gasteiger charge is 2.44. The molecule has 1 aromatic carbocycles. The zero-order valence-electron chi connectivity index (χ0n) is 15.3. The number of aromatic nitrogens is 2. The summed E-state index contributed by atoms with van der Waals surface area (Å²) in [5, 5.41) is 16.6. The lowest BCUT2D eigenvalue weighted by Gasteiger charge is -2.28. The predicted molar refractivity (Wildman–Crippen MR) is 97.2 cm³/mol. The maximum Gasteiger partial charge on any atom is 0.322 e. The summed E-state index contributed by atoms with van der Waals surface area (Å²) < 4.78 is 44.1. The summed E-state index contributed by atoms with van der Waals surface area (Å²) in [7, 11) is 0. The minimum absolute atomic E-state index is 0.0426. The molecule has 0 bridgehead atoms. The van der Waals surface area contributed by atoms with Gasteiger partial charge in [0.05, 0.1) is 24.9 Å². The molecule has 7 nitrogen and oxygen atoms in total. The first kappa shape index (κ1) is 19.3. The van der Waals surface area contributed by atoms with Crippen molar-refractivity contribution in [2.45, 2.75) is 44.4 Å². The van der Waals surface area contributed by atoms with Gasteiger partial charge in [0.2, 0.25) is 5.69 Å². The van der Waals surface area contributed by atoms with E-state index in [0.29, 0.717) is 24.2 Å². The van der Waals surface area contributed by atoms with E-state index in [0.717, 1.165) is 6.07 Å². The minimum atomic E-state index is -3.24. The van der Waals surface area contributed by atoms with Gasteiger partial charge in [-0.05, 0) is 24.6 Å². The zero-order chi connectivity index (χ0) is 20.8. The first-order valence-electron chi connectivity index (χ1n) is 9.16. The van der Waals surface area contributed by atoms with E-state index in [9.17, 15) is 23.1 Å². The van der Waals surface area contributed by atoms with Crippen LogP contribution in [0, 0.1) is 12.4 Å². The number of aliphatic hydroxyl groups excluding tert-OH is 1. The number of hydrogen-bond donors (Lipinski definition) is 2. The van der Waals surface area contributed by atoms with Crippen LogP contribution in [0.2, 0.25) is 0 Å². The Hall–Kier alpha value is -3.06. The summed E-state index contributed by atoms with van der Waals surface area (Å²) in [6.45, 7) is 7.39. The van der Waals surface area contributed by atoms with Crippen LogP contribution in [0.1, 0.15) is 29.8 Å². The number of alkyl halides is 2. The van der Waals surface area contributed by atoms with Crippen molar-refractivity contribution in [1.82, 2.24) is 14.7 Å². The zero-order valence-corrected chi connectivity index (χ0v) is 15.3. The molecule has 2 aromatic rings. The third-order valence-corrected chi connectivity index (χ3v) is 5.22. The largest absolute Gasteiger partial charge is 0.393 e. The molecule has 2 amide bonds. The molecule has 29 heavy (non-hydrogen) atoms. The number of rotatable bonds is 1. The van der Waals surface area contributed by atoms with E-state index in [1.54, 1.807) is 0 Å². The van der Waals surface area contributed by atoms with Gasteiger partial charge in [-0.3, -0.25) is 4.68 Å². The molecule has 1 aromatic heterocycles. The molecule has 0 saturated carbocycles. The summed E-state index contributed by atoms with van der Waals surface area (Å²) in [5.74, 6) is -3.93. The Morgan fingerprint density at radius 1 is 1.38 bits per heavy atom. The van der Waals surface area contributed by atoms with Gasteiger partial charge in [-0.2, -0.15) is 13.9 Å². The number of nitrogens with one attached hydrogen (secondary N) is 1. The van der Waals surface area contributed by atoms with E-state index < -0.39 is 30.3 Å². The van der Waals surface area contributed by atoms with Crippen molar-refractivity contribution < 1.29 is 23.1 Å². The fraction of sp³-hybridized carbons (Fsp3) is 0.421. The predicted octanol–water partition coefficient (Wildman–Crippen LogP) is 3.41. The van der Waals surface area contributed by atoms with Crippen LogP contribution in [0.4, 0.5) is 29.3 Å². The summed E-state index contributed by atoms with van der Waals surface area (Å²) in [6, 6.07) is 3.10. The van der Waals surface area contributed by atoms with Crippen molar-refractivity contribution in [3.8, 4) is 0 Å². The molecule has 0 aliphatic carbocycles. The normalized spacial score (nSPS) is 20.2. The molecule has 2 aliphatic rings. The van der Waals surface area contributed by atoms with Crippen LogP contribution in [0.5, 0.6) is 0 Å². The molecule has 2 aliphatic heterocycles. The molecule has 0 fully saturated rings. The lowest BCUT2D eigenvalue weighted by Crippen LogP contribution is -2.39. The maximum absolute atomic E-state index is 14.7. The molecule has 4 rings (SSSR count). The second-order valence-corrected chi connectivity index (χ2v) is 7.23. The Kier molecular flexibility index (Phi) is 4.70. The Bertz CT molecular complexity index is 1010. The van der Waals surface area contributed by atoms with Gasteiger partial charge in [0.1, 0.15) is 11.5 Å². The SMILES string of the molecule is [C-]#[N+]c1cc(NC(=O)N2CCc3nn4c(c3C2)C(F)(F)C[C@H](O)CC4)ccc1F. The highest BCUT2D eigenvalue weighted by atomic mass is 19.3. The smallest absolute Gasteiger partial charge is 0.322 e. The monoisotopic (exact) mass is 405 g/mol. The summed E-state index contributed by atoms with van der Waals surface area (Å²) in [6.07, 6.45) is -1.26. The number of urea groups is 1. The second-order valence-electron chi connectivity index (χ2n) is 7.23. The van der Waals surface area contributed by atoms with Gasteiger partial charge >= 0.3 is 6.03 Å². The Balaban J connectivity index is 1.57. The molecule has 3 heterocycles. The molecule has 1 atom stereocenters. The molecule has 0 saturated heterocycles. The molecule has 2 N–H and O–H groups in total. The number of fused-ring (bicyclic) bond motifs is 3. The molecular formula is C19H18F3N5O2. The van der Waals surface area contributed by atoms with E-state index in [-0.39, 0.29) is 36.6 Å². The van der Waals surface area contributed by atoms with Crippen LogP contribution < -0.4 is 5.32 Å². The van der Waals surface area contributed by atoms with E-state index in [2.05, 4.69) is 15.3 Å². The van der Waals surface area contributed by atoms with Crippen molar-refractivity contribution in [2.24, 2.45) is 0 Å². The van der Waals surface area contributed by atoms with E-state index in [1.165, 1.54) is 21.7 Å². The number of carbonyl (C=O) groups excluding carboxylic acids is 1. The molecule has 152 valence electrons. The Morgan fingerprint density at radius 3 is 2.93 bits per heavy atom. The first-order chi connectivity index (χ1) is 13.8. The number of benzene rings is 1. The van der Waals surface area contributed by atoms with Gasteiger partial charge in [0.15, 0.2) is 0 Å². The van der Waals surface area contributed by atoms with Gasteiger partial charge in [0, 0.05) is 37.2 Å². The van der Waals surface area contributed by atoms with Crippen LogP contribution in [0.3, 0.4) is 0 Å². The van der Waals surface area contributed by atoms with E-state index in [1.807, 2.05) is 0 Å². The molecule has 0 unspecified atom stereocenters. The molecule has 10 heteroatoms. The quantitative estimate of drug-likeness (QED) is 0.714. The van der Waals surface area contributed by atoms with Gasteiger partial charge in [-0.1, -0.05) is 0 Å². The van der Waals surface area contributed by atoms with Crippen LogP contribution in [-0.4, -0.2) is 38.5 Å². The Morgan fingerprint density at radius 2 is 2.17 bits per heavy atom. The van der Waals surface area contributed by atoms with Crippen molar-refractivity contribution in [1.29, 1.82) is 0 Å². The number of amides is 2. The second kappa shape index (κ2) is 7.08. The lowest BCUT2D eigenvalue weighted by molar-refractivity contribution is -0.0507. The number of anilines is 1. The molecule has 0 radical (unpaired) electrons. The van der Waals surface area contributed by atoms with Gasteiger partial charge in [-0.25, -0.2) is 14.0 Å². The number of nitrogens with zero attached hydrogens (tertiary/aromatic N) is 4. The fourth-order valence-corrected chi connectivity index (χ4v) is 3.82. The lowest BCUT2D eigenvalue weighted by atomic mass is 9.99. The topological polar surface area (TPSA) is 74.8 Å². The highest BCUT2D eigenvalue weighted by Crippen LogP contribution is 2.40. The standard InChI is InChI=1S/C19H18F3N5O2/c1-23-16-8-11(2-3-14(16)20)24-18(29)26-6-5-15-13(10-26)17-19(21,22)9-12(28)4-7-27(17)25-15/h2-3,8,12,28H,4-7,9-10H2,(H,24,29)/t12-/m1/s1. The maximum atomic E-state index is 14.7. The Labute approximate surface area is 164 Å². The first-order valence-corrected chi connectivity index (χ1v) is 9.16.